The number of hydrogen-bond donors (Lipinski definition) is 0. The molecule has 0 saturated heterocycles. The fraction of sp³-hybridized carbons (Fsp3) is 0.0909. The average molecular weight is 288 g/mol. The molecule has 2 rings (SSSR count). The first kappa shape index (κ1) is 15.1. The number of rotatable bonds is 0. The second-order valence-corrected chi connectivity index (χ2v) is 3.91. The predicted octanol–water partition coefficient (Wildman–Crippen LogP) is -1.22. The molecule has 0 unspecified atom stereocenters. The SMILES string of the molecule is Cn1ccc(C#Cc2nccc([S-])c2Cl)n1.[K+]. The third kappa shape index (κ3) is 4.04. The van der Waals surface area contributed by atoms with Crippen molar-refractivity contribution in [3.05, 3.63) is 40.9 Å². The van der Waals surface area contributed by atoms with Crippen LogP contribution in [0.4, 0.5) is 0 Å². The van der Waals surface area contributed by atoms with Gasteiger partial charge in [0.2, 0.25) is 0 Å². The zero-order valence-corrected chi connectivity index (χ0v) is 14.1. The van der Waals surface area contributed by atoms with Gasteiger partial charge in [0.1, 0.15) is 11.4 Å². The minimum Gasteiger partial charge on any atom is -0.778 e. The van der Waals surface area contributed by atoms with Crippen LogP contribution in [0.25, 0.3) is 0 Å². The van der Waals surface area contributed by atoms with Crippen LogP contribution in [0, 0.1) is 11.8 Å². The largest absolute Gasteiger partial charge is 1.00 e. The van der Waals surface area contributed by atoms with Gasteiger partial charge in [0.05, 0.1) is 5.02 Å². The second kappa shape index (κ2) is 6.85. The maximum Gasteiger partial charge on any atom is 1.00 e. The fourth-order valence-corrected chi connectivity index (χ4v) is 1.43. The Labute approximate surface area is 153 Å². The Bertz CT molecular complexity index is 586. The molecule has 0 bridgehead atoms. The summed E-state index contributed by atoms with van der Waals surface area (Å²) in [6.45, 7) is 0. The molecule has 0 atom stereocenters. The normalized spacial score (nSPS) is 9.06. The van der Waals surface area contributed by atoms with Gasteiger partial charge in [-0.1, -0.05) is 17.7 Å². The molecule has 0 saturated carbocycles. The van der Waals surface area contributed by atoms with E-state index in [1.165, 1.54) is 0 Å². The number of nitrogens with zero attached hydrogens (tertiary/aromatic N) is 3. The number of halogens is 1. The molecule has 3 nitrogen and oxygen atoms in total. The van der Waals surface area contributed by atoms with Gasteiger partial charge in [-0.05, 0) is 17.9 Å². The number of aryl methyl sites for hydroxylation is 1. The van der Waals surface area contributed by atoms with Gasteiger partial charge < -0.3 is 12.6 Å². The Morgan fingerprint density at radius 3 is 2.76 bits per heavy atom. The molecule has 0 fully saturated rings. The zero-order valence-electron chi connectivity index (χ0n) is 9.44. The summed E-state index contributed by atoms with van der Waals surface area (Å²) in [4.78, 5) is 4.61. The standard InChI is InChI=1S/C11H8ClN3S.K/c1-15-7-5-8(14-15)2-3-9-11(12)10(16)4-6-13-9;/h4-7H,1H3,(H,13,16);/q;+1/p-1. The molecule has 6 heteroatoms. The van der Waals surface area contributed by atoms with Crippen molar-refractivity contribution in [3.63, 3.8) is 0 Å². The van der Waals surface area contributed by atoms with Crippen LogP contribution in [0.2, 0.25) is 5.02 Å². The summed E-state index contributed by atoms with van der Waals surface area (Å²) in [5, 5.41) is 4.54. The van der Waals surface area contributed by atoms with Crippen molar-refractivity contribution < 1.29 is 51.4 Å². The molecular weight excluding hydrogens is 281 g/mol. The first-order chi connectivity index (χ1) is 7.66. The van der Waals surface area contributed by atoms with Crippen LogP contribution in [-0.2, 0) is 19.7 Å². The molecule has 0 aliphatic heterocycles. The van der Waals surface area contributed by atoms with Crippen molar-refractivity contribution in [3.8, 4) is 11.8 Å². The minimum absolute atomic E-state index is 0. The molecule has 0 radical (unpaired) electrons. The Balaban J connectivity index is 0.00000144. The van der Waals surface area contributed by atoms with Gasteiger partial charge in [-0.15, -0.1) is 0 Å². The maximum atomic E-state index is 5.97. The fourth-order valence-electron chi connectivity index (χ4n) is 1.12. The number of aromatic nitrogens is 3. The summed E-state index contributed by atoms with van der Waals surface area (Å²) in [7, 11) is 1.83. The summed E-state index contributed by atoms with van der Waals surface area (Å²) in [6.07, 6.45) is 3.42. The van der Waals surface area contributed by atoms with Crippen molar-refractivity contribution in [2.45, 2.75) is 4.90 Å². The van der Waals surface area contributed by atoms with Gasteiger partial charge in [-0.2, -0.15) is 9.99 Å². The molecular formula is C11H7ClKN3S. The van der Waals surface area contributed by atoms with Crippen LogP contribution in [0.1, 0.15) is 11.4 Å². The Hall–Kier alpha value is 0.0664. The molecule has 2 aromatic rings. The summed E-state index contributed by atoms with van der Waals surface area (Å²) in [5.41, 5.74) is 1.16. The van der Waals surface area contributed by atoms with E-state index in [9.17, 15) is 0 Å². The van der Waals surface area contributed by atoms with Crippen molar-refractivity contribution in [2.24, 2.45) is 7.05 Å². The molecule has 0 N–H and O–H groups in total. The maximum absolute atomic E-state index is 5.97. The summed E-state index contributed by atoms with van der Waals surface area (Å²) in [5.74, 6) is 5.72. The minimum atomic E-state index is 0. The molecule has 0 amide bonds. The first-order valence-electron chi connectivity index (χ1n) is 4.50. The molecule has 17 heavy (non-hydrogen) atoms. The second-order valence-electron chi connectivity index (χ2n) is 3.10. The molecule has 80 valence electrons. The molecule has 0 aliphatic carbocycles. The van der Waals surface area contributed by atoms with Gasteiger partial charge >= 0.3 is 51.4 Å². The summed E-state index contributed by atoms with van der Waals surface area (Å²) >= 11 is 11.0. The smallest absolute Gasteiger partial charge is 0.778 e. The first-order valence-corrected chi connectivity index (χ1v) is 5.28. The van der Waals surface area contributed by atoms with Crippen LogP contribution in [-0.4, -0.2) is 14.8 Å². The number of pyridine rings is 1. The van der Waals surface area contributed by atoms with Gasteiger partial charge in [0, 0.05) is 19.4 Å². The third-order valence-corrected chi connectivity index (χ3v) is 2.71. The molecule has 2 heterocycles. The zero-order chi connectivity index (χ0) is 11.5. The van der Waals surface area contributed by atoms with E-state index in [-0.39, 0.29) is 51.4 Å². The van der Waals surface area contributed by atoms with E-state index in [0.29, 0.717) is 21.3 Å². The van der Waals surface area contributed by atoms with E-state index in [1.807, 2.05) is 19.3 Å². The Kier molecular flexibility index (Phi) is 6.10. The molecule has 2 aromatic heterocycles. The third-order valence-electron chi connectivity index (χ3n) is 1.88. The van der Waals surface area contributed by atoms with Crippen LogP contribution >= 0.6 is 11.6 Å². The Morgan fingerprint density at radius 1 is 1.35 bits per heavy atom. The van der Waals surface area contributed by atoms with E-state index < -0.39 is 0 Å². The van der Waals surface area contributed by atoms with Gasteiger partial charge in [-0.3, -0.25) is 4.68 Å². The van der Waals surface area contributed by atoms with Crippen molar-refractivity contribution in [1.29, 1.82) is 0 Å². The topological polar surface area (TPSA) is 30.7 Å². The van der Waals surface area contributed by atoms with Crippen LogP contribution in [0.5, 0.6) is 0 Å². The van der Waals surface area contributed by atoms with E-state index >= 15 is 0 Å². The van der Waals surface area contributed by atoms with E-state index in [2.05, 4.69) is 21.9 Å². The van der Waals surface area contributed by atoms with E-state index in [4.69, 9.17) is 24.2 Å². The van der Waals surface area contributed by atoms with Gasteiger partial charge in [0.25, 0.3) is 0 Å². The van der Waals surface area contributed by atoms with Crippen LogP contribution < -0.4 is 51.4 Å². The Morgan fingerprint density at radius 2 is 2.12 bits per heavy atom. The summed E-state index contributed by atoms with van der Waals surface area (Å²) < 4.78 is 1.68. The van der Waals surface area contributed by atoms with Crippen LogP contribution in [0.3, 0.4) is 0 Å². The quantitative estimate of drug-likeness (QED) is 0.346. The van der Waals surface area contributed by atoms with Gasteiger partial charge in [-0.25, -0.2) is 4.98 Å². The van der Waals surface area contributed by atoms with Crippen molar-refractivity contribution in [2.75, 3.05) is 0 Å². The van der Waals surface area contributed by atoms with E-state index in [0.717, 1.165) is 0 Å². The van der Waals surface area contributed by atoms with Crippen LogP contribution in [0.15, 0.2) is 29.4 Å². The van der Waals surface area contributed by atoms with Gasteiger partial charge in [0.15, 0.2) is 0 Å². The summed E-state index contributed by atoms with van der Waals surface area (Å²) in [6, 6.07) is 3.49. The predicted molar refractivity (Wildman–Crippen MR) is 64.1 cm³/mol. The average Bonchev–Trinajstić information content (AvgIpc) is 2.67. The molecule has 0 aliphatic rings. The molecule has 0 spiro atoms. The molecule has 0 aromatic carbocycles. The van der Waals surface area contributed by atoms with Crippen molar-refractivity contribution >= 4 is 24.2 Å². The monoisotopic (exact) mass is 287 g/mol. The van der Waals surface area contributed by atoms with E-state index in [1.54, 1.807) is 16.9 Å². The number of hydrogen-bond acceptors (Lipinski definition) is 3. The van der Waals surface area contributed by atoms with Crippen molar-refractivity contribution in [1.82, 2.24) is 14.8 Å².